The highest BCUT2D eigenvalue weighted by Crippen LogP contribution is 2.23. The Bertz CT molecular complexity index is 758. The summed E-state index contributed by atoms with van der Waals surface area (Å²) in [5, 5.41) is 3.60. The van der Waals surface area contributed by atoms with Crippen molar-refractivity contribution in [3.05, 3.63) is 41.7 Å². The Morgan fingerprint density at radius 1 is 1.31 bits per heavy atom. The summed E-state index contributed by atoms with van der Waals surface area (Å²) >= 11 is 1.39. The number of aromatic nitrogens is 2. The highest BCUT2D eigenvalue weighted by Gasteiger charge is 2.11. The standard InChI is InChI=1S/C19H25N3O3S/c1-4-25-18(24)6-5-9-20-17(23)13-26-19-21-10-11-22(19)16-12-14(2)7-8-15(16)3/h7-8,10-12H,4-6,9,13H2,1-3H3,(H,20,23). The SMILES string of the molecule is CCOC(=O)CCCNC(=O)CSc1nccn1-c1cc(C)ccc1C. The number of amides is 1. The van der Waals surface area contributed by atoms with Crippen molar-refractivity contribution < 1.29 is 14.3 Å². The molecule has 0 aliphatic carbocycles. The van der Waals surface area contributed by atoms with Crippen molar-refractivity contribution in [1.82, 2.24) is 14.9 Å². The molecule has 0 saturated carbocycles. The molecule has 7 heteroatoms. The molecule has 26 heavy (non-hydrogen) atoms. The van der Waals surface area contributed by atoms with Gasteiger partial charge in [-0.25, -0.2) is 4.98 Å². The van der Waals surface area contributed by atoms with E-state index in [0.29, 0.717) is 26.0 Å². The maximum absolute atomic E-state index is 12.0. The van der Waals surface area contributed by atoms with Crippen molar-refractivity contribution >= 4 is 23.6 Å². The Balaban J connectivity index is 1.83. The molecular weight excluding hydrogens is 350 g/mol. The first-order chi connectivity index (χ1) is 12.5. The molecule has 6 nitrogen and oxygen atoms in total. The summed E-state index contributed by atoms with van der Waals surface area (Å²) in [5.74, 6) is -0.0255. The smallest absolute Gasteiger partial charge is 0.305 e. The fourth-order valence-electron chi connectivity index (χ4n) is 2.43. The van der Waals surface area contributed by atoms with E-state index in [4.69, 9.17) is 4.74 Å². The van der Waals surface area contributed by atoms with Crippen molar-refractivity contribution in [2.75, 3.05) is 18.9 Å². The van der Waals surface area contributed by atoms with Gasteiger partial charge in [0.1, 0.15) is 0 Å². The average molecular weight is 375 g/mol. The summed E-state index contributed by atoms with van der Waals surface area (Å²) in [4.78, 5) is 27.6. The van der Waals surface area contributed by atoms with Crippen LogP contribution in [0.4, 0.5) is 0 Å². The largest absolute Gasteiger partial charge is 0.466 e. The zero-order valence-electron chi connectivity index (χ0n) is 15.4. The maximum Gasteiger partial charge on any atom is 0.305 e. The molecule has 2 aromatic rings. The lowest BCUT2D eigenvalue weighted by Gasteiger charge is -2.11. The highest BCUT2D eigenvalue weighted by molar-refractivity contribution is 7.99. The van der Waals surface area contributed by atoms with Gasteiger partial charge in [0.15, 0.2) is 5.16 Å². The van der Waals surface area contributed by atoms with Crippen molar-refractivity contribution in [2.45, 2.75) is 38.8 Å². The number of aryl methyl sites for hydroxylation is 2. The lowest BCUT2D eigenvalue weighted by atomic mass is 10.1. The first kappa shape index (κ1) is 20.0. The lowest BCUT2D eigenvalue weighted by molar-refractivity contribution is -0.143. The maximum atomic E-state index is 12.0. The number of nitrogens with one attached hydrogen (secondary N) is 1. The quantitative estimate of drug-likeness (QED) is 0.414. The van der Waals surface area contributed by atoms with E-state index in [1.165, 1.54) is 17.3 Å². The van der Waals surface area contributed by atoms with Gasteiger partial charge in [0, 0.05) is 25.4 Å². The second-order valence-electron chi connectivity index (χ2n) is 5.92. The summed E-state index contributed by atoms with van der Waals surface area (Å²) < 4.78 is 6.85. The number of nitrogens with zero attached hydrogens (tertiary/aromatic N) is 2. The molecule has 1 amide bonds. The molecule has 0 radical (unpaired) electrons. The molecule has 0 aliphatic rings. The molecule has 140 valence electrons. The zero-order chi connectivity index (χ0) is 18.9. The number of thioether (sulfide) groups is 1. The van der Waals surface area contributed by atoms with Gasteiger partial charge in [0.25, 0.3) is 0 Å². The predicted molar refractivity (Wildman–Crippen MR) is 103 cm³/mol. The van der Waals surface area contributed by atoms with Gasteiger partial charge >= 0.3 is 5.97 Å². The zero-order valence-corrected chi connectivity index (χ0v) is 16.3. The first-order valence-electron chi connectivity index (χ1n) is 8.67. The Hall–Kier alpha value is -2.28. The van der Waals surface area contributed by atoms with E-state index in [0.717, 1.165) is 16.4 Å². The Kier molecular flexibility index (Phi) is 7.72. The fourth-order valence-corrected chi connectivity index (χ4v) is 3.23. The number of hydrogen-bond donors (Lipinski definition) is 1. The second-order valence-corrected chi connectivity index (χ2v) is 6.86. The number of hydrogen-bond acceptors (Lipinski definition) is 5. The summed E-state index contributed by atoms with van der Waals surface area (Å²) in [6.07, 6.45) is 4.54. The van der Waals surface area contributed by atoms with Gasteiger partial charge in [-0.1, -0.05) is 23.9 Å². The molecular formula is C19H25N3O3S. The fraction of sp³-hybridized carbons (Fsp3) is 0.421. The topological polar surface area (TPSA) is 73.2 Å². The number of ether oxygens (including phenoxy) is 1. The Morgan fingerprint density at radius 2 is 2.12 bits per heavy atom. The number of imidazole rings is 1. The van der Waals surface area contributed by atoms with Crippen LogP contribution in [-0.4, -0.2) is 40.3 Å². The molecule has 0 bridgehead atoms. The van der Waals surface area contributed by atoms with Gasteiger partial charge in [-0.2, -0.15) is 0 Å². The molecule has 0 spiro atoms. The van der Waals surface area contributed by atoms with Crippen LogP contribution >= 0.6 is 11.8 Å². The molecule has 2 rings (SSSR count). The highest BCUT2D eigenvalue weighted by atomic mass is 32.2. The van der Waals surface area contributed by atoms with Crippen molar-refractivity contribution in [3.8, 4) is 5.69 Å². The molecule has 1 N–H and O–H groups in total. The van der Waals surface area contributed by atoms with Gasteiger partial charge in [0.2, 0.25) is 5.91 Å². The Labute approximate surface area is 158 Å². The van der Waals surface area contributed by atoms with Crippen molar-refractivity contribution in [1.29, 1.82) is 0 Å². The van der Waals surface area contributed by atoms with Crippen LogP contribution in [0.3, 0.4) is 0 Å². The van der Waals surface area contributed by atoms with Crippen LogP contribution in [-0.2, 0) is 14.3 Å². The minimum atomic E-state index is -0.230. The molecule has 0 saturated heterocycles. The van der Waals surface area contributed by atoms with E-state index in [1.807, 2.05) is 10.8 Å². The predicted octanol–water partition coefficient (Wildman–Crippen LogP) is 3.04. The van der Waals surface area contributed by atoms with E-state index >= 15 is 0 Å². The van der Waals surface area contributed by atoms with Crippen LogP contribution < -0.4 is 5.32 Å². The number of carbonyl (C=O) groups is 2. The third-order valence-electron chi connectivity index (χ3n) is 3.75. The number of carbonyl (C=O) groups excluding carboxylic acids is 2. The lowest BCUT2D eigenvalue weighted by Crippen LogP contribution is -2.26. The van der Waals surface area contributed by atoms with Crippen LogP contribution in [0.2, 0.25) is 0 Å². The van der Waals surface area contributed by atoms with Crippen molar-refractivity contribution in [2.24, 2.45) is 0 Å². The van der Waals surface area contributed by atoms with E-state index in [1.54, 1.807) is 13.1 Å². The molecule has 0 atom stereocenters. The van der Waals surface area contributed by atoms with Crippen LogP contribution in [0.25, 0.3) is 5.69 Å². The number of rotatable bonds is 9. The number of benzene rings is 1. The molecule has 1 aromatic carbocycles. The Morgan fingerprint density at radius 3 is 2.88 bits per heavy atom. The monoisotopic (exact) mass is 375 g/mol. The third-order valence-corrected chi connectivity index (χ3v) is 4.72. The first-order valence-corrected chi connectivity index (χ1v) is 9.66. The summed E-state index contributed by atoms with van der Waals surface area (Å²) in [6.45, 7) is 6.73. The minimum Gasteiger partial charge on any atom is -0.466 e. The summed E-state index contributed by atoms with van der Waals surface area (Å²) in [6, 6.07) is 6.26. The van der Waals surface area contributed by atoms with Crippen LogP contribution in [0, 0.1) is 13.8 Å². The molecule has 1 heterocycles. The van der Waals surface area contributed by atoms with Gasteiger partial charge in [-0.15, -0.1) is 0 Å². The van der Waals surface area contributed by atoms with Gasteiger partial charge in [0.05, 0.1) is 18.0 Å². The molecule has 0 fully saturated rings. The van der Waals surface area contributed by atoms with Crippen LogP contribution in [0.5, 0.6) is 0 Å². The normalized spacial score (nSPS) is 10.6. The summed E-state index contributed by atoms with van der Waals surface area (Å²) in [7, 11) is 0. The van der Waals surface area contributed by atoms with Gasteiger partial charge in [-0.3, -0.25) is 14.2 Å². The van der Waals surface area contributed by atoms with E-state index in [2.05, 4.69) is 42.3 Å². The minimum absolute atomic E-state index is 0.0747. The van der Waals surface area contributed by atoms with Crippen LogP contribution in [0.1, 0.15) is 30.9 Å². The third kappa shape index (κ3) is 5.91. The van der Waals surface area contributed by atoms with Crippen LogP contribution in [0.15, 0.2) is 35.7 Å². The molecule has 0 aliphatic heterocycles. The van der Waals surface area contributed by atoms with E-state index in [9.17, 15) is 9.59 Å². The summed E-state index contributed by atoms with van der Waals surface area (Å²) in [5.41, 5.74) is 3.40. The second kappa shape index (κ2) is 10.0. The average Bonchev–Trinajstić information content (AvgIpc) is 3.07. The van der Waals surface area contributed by atoms with Gasteiger partial charge in [-0.05, 0) is 44.4 Å². The molecule has 0 unspecified atom stereocenters. The van der Waals surface area contributed by atoms with Gasteiger partial charge < -0.3 is 10.1 Å². The van der Waals surface area contributed by atoms with E-state index < -0.39 is 0 Å². The van der Waals surface area contributed by atoms with E-state index in [-0.39, 0.29) is 17.6 Å². The van der Waals surface area contributed by atoms with Crippen molar-refractivity contribution in [3.63, 3.8) is 0 Å². The number of esters is 1. The molecule has 1 aromatic heterocycles.